The number of nitrogens with zero attached hydrogens (tertiary/aromatic N) is 3. The zero-order valence-corrected chi connectivity index (χ0v) is 16.9. The van der Waals surface area contributed by atoms with Gasteiger partial charge < -0.3 is 4.42 Å². The van der Waals surface area contributed by atoms with E-state index in [1.165, 1.54) is 15.9 Å². The molecule has 0 spiro atoms. The van der Waals surface area contributed by atoms with Crippen molar-refractivity contribution in [3.8, 4) is 22.7 Å². The third-order valence-electron chi connectivity index (χ3n) is 4.61. The van der Waals surface area contributed by atoms with Crippen molar-refractivity contribution in [1.82, 2.24) is 14.6 Å². The molecule has 0 aliphatic carbocycles. The van der Waals surface area contributed by atoms with Gasteiger partial charge in [0.2, 0.25) is 4.96 Å². The molecule has 0 bridgehead atoms. The van der Waals surface area contributed by atoms with Gasteiger partial charge >= 0.3 is 0 Å². The molecule has 3 heterocycles. The van der Waals surface area contributed by atoms with E-state index in [1.54, 1.807) is 6.08 Å². The van der Waals surface area contributed by atoms with E-state index < -0.39 is 0 Å². The molecule has 0 aliphatic rings. The number of aromatic nitrogens is 3. The number of halogens is 1. The van der Waals surface area contributed by atoms with E-state index in [0.29, 0.717) is 31.9 Å². The molecular weight excluding hydrogens is 406 g/mol. The minimum absolute atomic E-state index is 0.215. The lowest BCUT2D eigenvalue weighted by molar-refractivity contribution is 0.571. The second kappa shape index (κ2) is 6.99. The highest BCUT2D eigenvalue weighted by atomic mass is 35.5. The number of benzene rings is 2. The number of thiazole rings is 1. The normalized spacial score (nSPS) is 12.1. The monoisotopic (exact) mass is 419 g/mol. The van der Waals surface area contributed by atoms with E-state index in [4.69, 9.17) is 16.0 Å². The maximum absolute atomic E-state index is 12.8. The van der Waals surface area contributed by atoms with E-state index in [9.17, 15) is 4.79 Å². The summed E-state index contributed by atoms with van der Waals surface area (Å²) < 4.78 is 7.72. The highest BCUT2D eigenvalue weighted by Crippen LogP contribution is 2.29. The SMILES string of the molecule is Cc1ccccc1-c1nc2s/c(=C/c3ccc(-c4ccccc4Cl)o3)c(=O)n2n1. The molecular formula is C22H14ClN3O2S. The van der Waals surface area contributed by atoms with Crippen LogP contribution in [0.2, 0.25) is 5.02 Å². The zero-order chi connectivity index (χ0) is 20.0. The maximum atomic E-state index is 12.8. The number of furan rings is 1. The van der Waals surface area contributed by atoms with E-state index in [2.05, 4.69) is 10.1 Å². The van der Waals surface area contributed by atoms with Crippen LogP contribution >= 0.6 is 22.9 Å². The summed E-state index contributed by atoms with van der Waals surface area (Å²) >= 11 is 7.51. The van der Waals surface area contributed by atoms with E-state index in [1.807, 2.05) is 67.6 Å². The third-order valence-corrected chi connectivity index (χ3v) is 5.90. The van der Waals surface area contributed by atoms with E-state index in [-0.39, 0.29) is 5.56 Å². The molecule has 5 nitrogen and oxygen atoms in total. The Hall–Kier alpha value is -3.22. The van der Waals surface area contributed by atoms with Gasteiger partial charge in [-0.2, -0.15) is 9.50 Å². The minimum atomic E-state index is -0.215. The average molecular weight is 420 g/mol. The first-order valence-electron chi connectivity index (χ1n) is 8.92. The minimum Gasteiger partial charge on any atom is -0.457 e. The van der Waals surface area contributed by atoms with Gasteiger partial charge in [-0.15, -0.1) is 5.10 Å². The highest BCUT2D eigenvalue weighted by Gasteiger charge is 2.14. The number of fused-ring (bicyclic) bond motifs is 1. The van der Waals surface area contributed by atoms with Gasteiger partial charge in [0.15, 0.2) is 5.82 Å². The molecule has 0 saturated heterocycles. The Labute approximate surface area is 174 Å². The standard InChI is InChI=1S/C22H14ClN3O2S/c1-13-6-2-3-7-15(13)20-24-22-26(25-20)21(27)19(29-22)12-14-10-11-18(28-14)16-8-4-5-9-17(16)23/h2-12H,1H3/b19-12+. The van der Waals surface area contributed by atoms with Crippen LogP contribution in [-0.4, -0.2) is 14.6 Å². The molecule has 0 saturated carbocycles. The Morgan fingerprint density at radius 2 is 1.79 bits per heavy atom. The summed E-state index contributed by atoms with van der Waals surface area (Å²) in [6.07, 6.45) is 1.71. The molecule has 5 aromatic rings. The summed E-state index contributed by atoms with van der Waals surface area (Å²) in [7, 11) is 0. The van der Waals surface area contributed by atoms with Crippen LogP contribution < -0.4 is 10.1 Å². The summed E-state index contributed by atoms with van der Waals surface area (Å²) in [5, 5.41) is 5.02. The van der Waals surface area contributed by atoms with Gasteiger partial charge in [0.25, 0.3) is 5.56 Å². The van der Waals surface area contributed by atoms with Crippen molar-refractivity contribution in [1.29, 1.82) is 0 Å². The molecule has 7 heteroatoms. The summed E-state index contributed by atoms with van der Waals surface area (Å²) in [5.41, 5.74) is 2.58. The van der Waals surface area contributed by atoms with Crippen LogP contribution in [0.4, 0.5) is 0 Å². The molecule has 2 aromatic carbocycles. The molecule has 0 fully saturated rings. The molecule has 0 atom stereocenters. The first-order valence-corrected chi connectivity index (χ1v) is 10.1. The van der Waals surface area contributed by atoms with Crippen molar-refractivity contribution in [2.24, 2.45) is 0 Å². The van der Waals surface area contributed by atoms with Crippen LogP contribution in [0.25, 0.3) is 33.7 Å². The molecule has 29 heavy (non-hydrogen) atoms. The Balaban J connectivity index is 1.55. The Kier molecular flexibility index (Phi) is 4.30. The van der Waals surface area contributed by atoms with Crippen LogP contribution in [0.3, 0.4) is 0 Å². The van der Waals surface area contributed by atoms with Gasteiger partial charge in [-0.3, -0.25) is 4.79 Å². The van der Waals surface area contributed by atoms with Gasteiger partial charge in [-0.25, -0.2) is 0 Å². The van der Waals surface area contributed by atoms with E-state index >= 15 is 0 Å². The van der Waals surface area contributed by atoms with Crippen molar-refractivity contribution in [2.75, 3.05) is 0 Å². The van der Waals surface area contributed by atoms with Crippen LogP contribution in [0.5, 0.6) is 0 Å². The van der Waals surface area contributed by atoms with Gasteiger partial charge in [-0.1, -0.05) is 59.3 Å². The zero-order valence-electron chi connectivity index (χ0n) is 15.3. The summed E-state index contributed by atoms with van der Waals surface area (Å²) in [5.74, 6) is 1.77. The lowest BCUT2D eigenvalue weighted by Gasteiger charge is -1.98. The Morgan fingerprint density at radius 3 is 2.55 bits per heavy atom. The lowest BCUT2D eigenvalue weighted by atomic mass is 10.1. The number of hydrogen-bond donors (Lipinski definition) is 0. The van der Waals surface area contributed by atoms with Crippen molar-refractivity contribution in [3.63, 3.8) is 0 Å². The predicted molar refractivity (Wildman–Crippen MR) is 115 cm³/mol. The second-order valence-corrected chi connectivity index (χ2v) is 7.96. The average Bonchev–Trinajstić information content (AvgIpc) is 3.41. The van der Waals surface area contributed by atoms with Gasteiger partial charge in [0, 0.05) is 17.2 Å². The molecule has 5 rings (SSSR count). The maximum Gasteiger partial charge on any atom is 0.291 e. The predicted octanol–water partition coefficient (Wildman–Crippen LogP) is 4.59. The first-order chi connectivity index (χ1) is 14.1. The van der Waals surface area contributed by atoms with Gasteiger partial charge in [-0.05, 0) is 36.8 Å². The number of aryl methyl sites for hydroxylation is 1. The van der Waals surface area contributed by atoms with Crippen molar-refractivity contribution < 1.29 is 4.42 Å². The van der Waals surface area contributed by atoms with Crippen LogP contribution in [-0.2, 0) is 0 Å². The molecule has 0 unspecified atom stereocenters. The number of rotatable bonds is 3. The van der Waals surface area contributed by atoms with Gasteiger partial charge in [0.05, 0.1) is 5.02 Å². The topological polar surface area (TPSA) is 60.4 Å². The first kappa shape index (κ1) is 17.8. The molecule has 142 valence electrons. The smallest absolute Gasteiger partial charge is 0.291 e. The summed E-state index contributed by atoms with van der Waals surface area (Å²) in [6, 6.07) is 19.0. The fourth-order valence-corrected chi connectivity index (χ4v) is 4.25. The highest BCUT2D eigenvalue weighted by molar-refractivity contribution is 7.15. The second-order valence-electron chi connectivity index (χ2n) is 6.54. The van der Waals surface area contributed by atoms with Crippen LogP contribution in [0.1, 0.15) is 11.3 Å². The fraction of sp³-hybridized carbons (Fsp3) is 0.0455. The van der Waals surface area contributed by atoms with E-state index in [0.717, 1.165) is 16.7 Å². The molecule has 0 aliphatic heterocycles. The third kappa shape index (κ3) is 3.16. The number of hydrogen-bond acceptors (Lipinski definition) is 5. The lowest BCUT2D eigenvalue weighted by Crippen LogP contribution is -2.23. The molecule has 0 radical (unpaired) electrons. The molecule has 0 N–H and O–H groups in total. The van der Waals surface area contributed by atoms with Crippen molar-refractivity contribution in [3.05, 3.63) is 91.9 Å². The fourth-order valence-electron chi connectivity index (χ4n) is 3.14. The van der Waals surface area contributed by atoms with Gasteiger partial charge in [0.1, 0.15) is 16.1 Å². The Bertz CT molecular complexity index is 1470. The molecule has 3 aromatic heterocycles. The largest absolute Gasteiger partial charge is 0.457 e. The quantitative estimate of drug-likeness (QED) is 0.429. The summed E-state index contributed by atoms with van der Waals surface area (Å²) in [4.78, 5) is 17.9. The summed E-state index contributed by atoms with van der Waals surface area (Å²) in [6.45, 7) is 2.00. The van der Waals surface area contributed by atoms with Crippen molar-refractivity contribution in [2.45, 2.75) is 6.92 Å². The Morgan fingerprint density at radius 1 is 1.03 bits per heavy atom. The van der Waals surface area contributed by atoms with Crippen molar-refractivity contribution >= 4 is 34.0 Å². The molecule has 0 amide bonds. The van der Waals surface area contributed by atoms with Crippen LogP contribution in [0.15, 0.2) is 69.9 Å². The van der Waals surface area contributed by atoms with Crippen LogP contribution in [0, 0.1) is 6.92 Å².